The molecule has 1 saturated heterocycles. The van der Waals surface area contributed by atoms with E-state index in [1.807, 2.05) is 30.6 Å². The van der Waals surface area contributed by atoms with Gasteiger partial charge in [0.05, 0.1) is 23.8 Å². The summed E-state index contributed by atoms with van der Waals surface area (Å²) < 4.78 is 31.7. The van der Waals surface area contributed by atoms with Crippen LogP contribution >= 0.6 is 0 Å². The van der Waals surface area contributed by atoms with E-state index in [2.05, 4.69) is 64.4 Å². The summed E-state index contributed by atoms with van der Waals surface area (Å²) in [5.41, 5.74) is 7.31. The van der Waals surface area contributed by atoms with Crippen LogP contribution < -0.4 is 0 Å². The number of aromatic amines is 1. The van der Waals surface area contributed by atoms with E-state index in [0.29, 0.717) is 25.2 Å². The van der Waals surface area contributed by atoms with Gasteiger partial charge in [0.2, 0.25) is 0 Å². The van der Waals surface area contributed by atoms with Gasteiger partial charge in [-0.1, -0.05) is 30.3 Å². The number of likely N-dealkylation sites (tertiary alicyclic amines) is 1. The average molecular weight is 589 g/mol. The summed E-state index contributed by atoms with van der Waals surface area (Å²) in [6.07, 6.45) is 2.78. The zero-order chi connectivity index (χ0) is 31.0. The first-order valence-electron chi connectivity index (χ1n) is 13.9. The van der Waals surface area contributed by atoms with Gasteiger partial charge >= 0.3 is 12.1 Å². The fourth-order valence-electron chi connectivity index (χ4n) is 5.12. The lowest BCUT2D eigenvalue weighted by atomic mass is 9.89. The van der Waals surface area contributed by atoms with Crippen molar-refractivity contribution >= 4 is 17.0 Å². The molecule has 1 aliphatic heterocycles. The molecule has 11 heteroatoms. The molecule has 2 N–H and O–H groups in total. The predicted octanol–water partition coefficient (Wildman–Crippen LogP) is 6.57. The Bertz CT molecular complexity index is 1630. The monoisotopic (exact) mass is 588 g/mol. The highest BCUT2D eigenvalue weighted by Gasteiger charge is 2.38. The largest absolute Gasteiger partial charge is 0.490 e. The first-order chi connectivity index (χ1) is 20.6. The fraction of sp³-hybridized carbons (Fsp3) is 0.344. The van der Waals surface area contributed by atoms with Crippen LogP contribution in [0.15, 0.2) is 60.9 Å². The Kier molecular flexibility index (Phi) is 10.1. The molecular formula is C32H31F3N6O2. The normalized spacial score (nSPS) is 14.7. The minimum Gasteiger partial charge on any atom is -0.475 e. The first kappa shape index (κ1) is 31.2. The fourth-order valence-corrected chi connectivity index (χ4v) is 5.12. The van der Waals surface area contributed by atoms with Crippen LogP contribution in [0.2, 0.25) is 0 Å². The van der Waals surface area contributed by atoms with Crippen molar-refractivity contribution in [3.8, 4) is 23.3 Å². The highest BCUT2D eigenvalue weighted by atomic mass is 19.4. The van der Waals surface area contributed by atoms with Crippen LogP contribution in [0, 0.1) is 22.7 Å². The zero-order valence-corrected chi connectivity index (χ0v) is 23.6. The number of carbonyl (C=O) groups is 1. The molecule has 5 rings (SSSR count). The van der Waals surface area contributed by atoms with Crippen molar-refractivity contribution in [3.63, 3.8) is 0 Å². The lowest BCUT2D eigenvalue weighted by Gasteiger charge is -2.29. The Hall–Kier alpha value is -4.74. The average Bonchev–Trinajstić information content (AvgIpc) is 3.40. The maximum atomic E-state index is 10.6. The van der Waals surface area contributed by atoms with Gasteiger partial charge in [-0.25, -0.2) is 9.78 Å². The number of nitrogens with one attached hydrogen (secondary N) is 1. The standard InChI is InChI=1S/C30H30N6.C2HF3O2/c1-36-14-11-23(12-15-36)21-7-9-22(10-8-21)25-17-28-26(20-34-30(28)33-19-25)16-27-5-2-6-29(35-27)24(18-32)4-3-13-31;3-2(4,5)1(6)7/h2,5-10,17,19-20,23-24H,3-4,11-12,14-16H2,1H3,(H,33,34);(H,6,7). The summed E-state index contributed by atoms with van der Waals surface area (Å²) in [6, 6.07) is 21.4. The van der Waals surface area contributed by atoms with Crippen LogP contribution in [-0.2, 0) is 11.2 Å². The molecule has 43 heavy (non-hydrogen) atoms. The van der Waals surface area contributed by atoms with Gasteiger partial charge in [-0.15, -0.1) is 0 Å². The third-order valence-electron chi connectivity index (χ3n) is 7.55. The molecule has 0 amide bonds. The topological polar surface area (TPSA) is 130 Å². The van der Waals surface area contributed by atoms with Crippen LogP contribution in [0.3, 0.4) is 0 Å². The number of rotatable bonds is 7. The molecular weight excluding hydrogens is 557 g/mol. The summed E-state index contributed by atoms with van der Waals surface area (Å²) in [5, 5.41) is 26.6. The van der Waals surface area contributed by atoms with Gasteiger partial charge in [0, 0.05) is 41.9 Å². The van der Waals surface area contributed by atoms with E-state index in [-0.39, 0.29) is 5.92 Å². The SMILES string of the molecule is CN1CCC(c2ccc(-c3cnc4[nH]cc(Cc5cccc(C(C#N)CCC#N)n5)c4c3)cc2)CC1.O=C(O)C(F)(F)F. The van der Waals surface area contributed by atoms with Crippen LogP contribution in [0.1, 0.15) is 60.0 Å². The predicted molar refractivity (Wildman–Crippen MR) is 155 cm³/mol. The first-order valence-corrected chi connectivity index (χ1v) is 13.9. The number of nitriles is 2. The minimum absolute atomic E-state index is 0.347. The molecule has 0 saturated carbocycles. The molecule has 1 unspecified atom stereocenters. The van der Waals surface area contributed by atoms with E-state index in [1.54, 1.807) is 0 Å². The Morgan fingerprint density at radius 3 is 2.47 bits per heavy atom. The summed E-state index contributed by atoms with van der Waals surface area (Å²) in [4.78, 5) is 24.0. The van der Waals surface area contributed by atoms with Crippen molar-refractivity contribution in [1.29, 1.82) is 10.5 Å². The van der Waals surface area contributed by atoms with Crippen molar-refractivity contribution in [2.75, 3.05) is 20.1 Å². The lowest BCUT2D eigenvalue weighted by molar-refractivity contribution is -0.192. The summed E-state index contributed by atoms with van der Waals surface area (Å²) in [7, 11) is 2.20. The molecule has 1 aliphatic rings. The van der Waals surface area contributed by atoms with E-state index in [1.165, 1.54) is 24.0 Å². The molecule has 0 bridgehead atoms. The molecule has 4 heterocycles. The molecule has 4 aromatic rings. The third kappa shape index (κ3) is 8.18. The summed E-state index contributed by atoms with van der Waals surface area (Å²) in [6.45, 7) is 2.33. The number of pyridine rings is 2. The Balaban J connectivity index is 0.000000541. The van der Waals surface area contributed by atoms with Gasteiger partial charge in [-0.3, -0.25) is 4.98 Å². The van der Waals surface area contributed by atoms with E-state index >= 15 is 0 Å². The number of alkyl halides is 3. The van der Waals surface area contributed by atoms with E-state index in [9.17, 15) is 18.4 Å². The maximum absolute atomic E-state index is 10.6. The molecule has 0 radical (unpaired) electrons. The third-order valence-corrected chi connectivity index (χ3v) is 7.55. The minimum atomic E-state index is -5.08. The number of benzene rings is 1. The van der Waals surface area contributed by atoms with Gasteiger partial charge in [0.15, 0.2) is 0 Å². The van der Waals surface area contributed by atoms with Crippen LogP contribution in [-0.4, -0.2) is 57.2 Å². The number of hydrogen-bond acceptors (Lipinski definition) is 6. The van der Waals surface area contributed by atoms with Crippen molar-refractivity contribution in [3.05, 3.63) is 83.4 Å². The second-order valence-corrected chi connectivity index (χ2v) is 10.5. The Labute approximate surface area is 247 Å². The number of hydrogen-bond donors (Lipinski definition) is 2. The zero-order valence-electron chi connectivity index (χ0n) is 23.6. The smallest absolute Gasteiger partial charge is 0.475 e. The van der Waals surface area contributed by atoms with Gasteiger partial charge in [0.1, 0.15) is 5.65 Å². The Morgan fingerprint density at radius 2 is 1.84 bits per heavy atom. The number of halogens is 3. The van der Waals surface area contributed by atoms with Gasteiger partial charge < -0.3 is 15.0 Å². The number of nitrogens with zero attached hydrogens (tertiary/aromatic N) is 5. The second kappa shape index (κ2) is 14.0. The molecule has 3 aromatic heterocycles. The number of piperidine rings is 1. The Morgan fingerprint density at radius 1 is 1.14 bits per heavy atom. The van der Waals surface area contributed by atoms with Gasteiger partial charge in [-0.05, 0) is 80.2 Å². The van der Waals surface area contributed by atoms with E-state index < -0.39 is 12.1 Å². The number of carboxylic acids is 1. The van der Waals surface area contributed by atoms with E-state index in [0.717, 1.165) is 46.6 Å². The van der Waals surface area contributed by atoms with Crippen molar-refractivity contribution in [1.82, 2.24) is 19.9 Å². The maximum Gasteiger partial charge on any atom is 0.490 e. The molecule has 1 fully saturated rings. The van der Waals surface area contributed by atoms with Crippen LogP contribution in [0.25, 0.3) is 22.2 Å². The number of H-pyrrole nitrogens is 1. The highest BCUT2D eigenvalue weighted by Crippen LogP contribution is 2.31. The van der Waals surface area contributed by atoms with Crippen molar-refractivity contribution in [2.24, 2.45) is 0 Å². The molecule has 222 valence electrons. The highest BCUT2D eigenvalue weighted by molar-refractivity contribution is 5.85. The van der Waals surface area contributed by atoms with Crippen LogP contribution in [0.5, 0.6) is 0 Å². The second-order valence-electron chi connectivity index (χ2n) is 10.5. The summed E-state index contributed by atoms with van der Waals surface area (Å²) >= 11 is 0. The van der Waals surface area contributed by atoms with Crippen LogP contribution in [0.4, 0.5) is 13.2 Å². The number of aliphatic carboxylic acids is 1. The molecule has 8 nitrogen and oxygen atoms in total. The molecule has 0 aliphatic carbocycles. The van der Waals surface area contributed by atoms with E-state index in [4.69, 9.17) is 20.1 Å². The number of carboxylic acid groups (broad SMARTS) is 1. The molecule has 1 aromatic carbocycles. The lowest BCUT2D eigenvalue weighted by Crippen LogP contribution is -2.29. The quantitative estimate of drug-likeness (QED) is 0.250. The molecule has 1 atom stereocenters. The van der Waals surface area contributed by atoms with Gasteiger partial charge in [0.25, 0.3) is 0 Å². The summed E-state index contributed by atoms with van der Waals surface area (Å²) in [5.74, 6) is -2.47. The number of aromatic nitrogens is 3. The van der Waals surface area contributed by atoms with Crippen molar-refractivity contribution < 1.29 is 23.1 Å². The van der Waals surface area contributed by atoms with Gasteiger partial charge in [-0.2, -0.15) is 23.7 Å². The van der Waals surface area contributed by atoms with Crippen molar-refractivity contribution in [2.45, 2.75) is 50.1 Å². The molecule has 0 spiro atoms. The number of fused-ring (bicyclic) bond motifs is 1.